The minimum absolute atomic E-state index is 0.104. The Kier molecular flexibility index (Phi) is 2.91. The van der Waals surface area contributed by atoms with Crippen LogP contribution >= 0.6 is 0 Å². The number of fused-ring (bicyclic) bond motifs is 1. The van der Waals surface area contributed by atoms with Crippen molar-refractivity contribution in [1.82, 2.24) is 9.80 Å². The van der Waals surface area contributed by atoms with Crippen LogP contribution in [0.15, 0.2) is 0 Å². The van der Waals surface area contributed by atoms with Crippen molar-refractivity contribution in [3.8, 4) is 0 Å². The number of carboxylic acid groups (broad SMARTS) is 1. The summed E-state index contributed by atoms with van der Waals surface area (Å²) in [4.78, 5) is 36.8. The summed E-state index contributed by atoms with van der Waals surface area (Å²) in [6.07, 6.45) is 0.508. The van der Waals surface area contributed by atoms with Gasteiger partial charge in [0.1, 0.15) is 12.6 Å². The highest BCUT2D eigenvalue weighted by Crippen LogP contribution is 2.28. The van der Waals surface area contributed by atoms with Crippen LogP contribution in [0.4, 0.5) is 4.79 Å². The first kappa shape index (κ1) is 11.7. The minimum atomic E-state index is -0.979. The molecule has 17 heavy (non-hydrogen) atoms. The number of ether oxygens (including phenoxy) is 1. The molecule has 0 aromatic rings. The lowest BCUT2D eigenvalue weighted by Crippen LogP contribution is -2.58. The SMILES string of the molecule is COC(=O)N1CC(=O)N2[C@@H](CC[C@H]2C(=O)O)C1. The van der Waals surface area contributed by atoms with E-state index >= 15 is 0 Å². The Morgan fingerprint density at radius 1 is 1.41 bits per heavy atom. The van der Waals surface area contributed by atoms with Crippen molar-refractivity contribution in [2.24, 2.45) is 0 Å². The Morgan fingerprint density at radius 2 is 2.12 bits per heavy atom. The number of carbonyl (C=O) groups is 3. The molecule has 0 saturated carbocycles. The molecule has 0 aromatic carbocycles. The fourth-order valence-electron chi connectivity index (χ4n) is 2.51. The molecule has 2 atom stereocenters. The van der Waals surface area contributed by atoms with Crippen molar-refractivity contribution in [3.05, 3.63) is 0 Å². The monoisotopic (exact) mass is 242 g/mol. The predicted molar refractivity (Wildman–Crippen MR) is 55.3 cm³/mol. The average molecular weight is 242 g/mol. The van der Waals surface area contributed by atoms with E-state index in [1.807, 2.05) is 0 Å². The summed E-state index contributed by atoms with van der Waals surface area (Å²) in [5.41, 5.74) is 0. The number of amides is 2. The molecule has 0 spiro atoms. The highest BCUT2D eigenvalue weighted by atomic mass is 16.5. The zero-order valence-corrected chi connectivity index (χ0v) is 9.46. The second-order valence-electron chi connectivity index (χ2n) is 4.24. The number of piperazine rings is 1. The van der Waals surface area contributed by atoms with Crippen LogP contribution < -0.4 is 0 Å². The number of methoxy groups -OCH3 is 1. The number of nitrogens with zero attached hydrogens (tertiary/aromatic N) is 2. The maximum atomic E-state index is 11.8. The molecule has 94 valence electrons. The van der Waals surface area contributed by atoms with Gasteiger partial charge in [-0.2, -0.15) is 0 Å². The average Bonchev–Trinajstić information content (AvgIpc) is 2.72. The van der Waals surface area contributed by atoms with Gasteiger partial charge in [-0.3, -0.25) is 9.69 Å². The van der Waals surface area contributed by atoms with Crippen molar-refractivity contribution in [3.63, 3.8) is 0 Å². The van der Waals surface area contributed by atoms with Crippen LogP contribution in [0.1, 0.15) is 12.8 Å². The molecule has 2 fully saturated rings. The summed E-state index contributed by atoms with van der Waals surface area (Å²) < 4.78 is 4.56. The molecule has 0 aromatic heterocycles. The number of carboxylic acids is 1. The van der Waals surface area contributed by atoms with Crippen molar-refractivity contribution >= 4 is 18.0 Å². The highest BCUT2D eigenvalue weighted by molar-refractivity contribution is 5.88. The number of rotatable bonds is 1. The molecule has 2 aliphatic rings. The quantitative estimate of drug-likeness (QED) is 0.670. The van der Waals surface area contributed by atoms with Gasteiger partial charge in [0.05, 0.1) is 13.2 Å². The summed E-state index contributed by atoms with van der Waals surface area (Å²) in [5.74, 6) is -1.30. The van der Waals surface area contributed by atoms with Gasteiger partial charge in [0, 0.05) is 6.54 Å². The van der Waals surface area contributed by atoms with E-state index in [4.69, 9.17) is 5.11 Å². The van der Waals surface area contributed by atoms with Crippen molar-refractivity contribution in [2.75, 3.05) is 20.2 Å². The Balaban J connectivity index is 2.12. The molecule has 0 unspecified atom stereocenters. The third-order valence-electron chi connectivity index (χ3n) is 3.27. The zero-order chi connectivity index (χ0) is 12.6. The van der Waals surface area contributed by atoms with Crippen molar-refractivity contribution in [1.29, 1.82) is 0 Å². The van der Waals surface area contributed by atoms with E-state index in [1.165, 1.54) is 16.9 Å². The summed E-state index contributed by atoms with van der Waals surface area (Å²) >= 11 is 0. The lowest BCUT2D eigenvalue weighted by Gasteiger charge is -2.37. The minimum Gasteiger partial charge on any atom is -0.480 e. The molecule has 1 N–H and O–H groups in total. The van der Waals surface area contributed by atoms with Gasteiger partial charge >= 0.3 is 12.1 Å². The van der Waals surface area contributed by atoms with Gasteiger partial charge in [0.25, 0.3) is 0 Å². The van der Waals surface area contributed by atoms with E-state index in [2.05, 4.69) is 4.74 Å². The van der Waals surface area contributed by atoms with E-state index in [-0.39, 0.29) is 18.5 Å². The molecule has 2 amide bonds. The van der Waals surface area contributed by atoms with Gasteiger partial charge in [-0.25, -0.2) is 9.59 Å². The Morgan fingerprint density at radius 3 is 2.71 bits per heavy atom. The van der Waals surface area contributed by atoms with E-state index < -0.39 is 18.1 Å². The molecule has 2 aliphatic heterocycles. The van der Waals surface area contributed by atoms with Crippen LogP contribution in [-0.2, 0) is 14.3 Å². The maximum Gasteiger partial charge on any atom is 0.410 e. The molecular formula is C10H14N2O5. The molecule has 0 bridgehead atoms. The van der Waals surface area contributed by atoms with Crippen LogP contribution in [-0.4, -0.2) is 65.2 Å². The Labute approximate surface area is 97.9 Å². The van der Waals surface area contributed by atoms with Crippen LogP contribution in [0.2, 0.25) is 0 Å². The first-order valence-electron chi connectivity index (χ1n) is 5.41. The normalized spacial score (nSPS) is 27.9. The molecule has 7 heteroatoms. The molecule has 0 aliphatic carbocycles. The Bertz CT molecular complexity index is 370. The molecular weight excluding hydrogens is 228 g/mol. The van der Waals surface area contributed by atoms with Crippen LogP contribution in [0.3, 0.4) is 0 Å². The molecule has 2 heterocycles. The first-order valence-corrected chi connectivity index (χ1v) is 5.41. The molecule has 2 rings (SSSR count). The second-order valence-corrected chi connectivity index (χ2v) is 4.24. The summed E-state index contributed by atoms with van der Waals surface area (Å²) in [6, 6.07) is -0.941. The van der Waals surface area contributed by atoms with Crippen molar-refractivity contribution in [2.45, 2.75) is 24.9 Å². The fraction of sp³-hybridized carbons (Fsp3) is 0.700. The predicted octanol–water partition coefficient (Wildman–Crippen LogP) is -0.487. The van der Waals surface area contributed by atoms with E-state index in [0.717, 1.165) is 0 Å². The number of aliphatic carboxylic acids is 1. The van der Waals surface area contributed by atoms with E-state index in [9.17, 15) is 14.4 Å². The molecule has 2 saturated heterocycles. The topological polar surface area (TPSA) is 87.2 Å². The van der Waals surface area contributed by atoms with Gasteiger partial charge in [0.2, 0.25) is 5.91 Å². The number of hydrogen-bond acceptors (Lipinski definition) is 4. The van der Waals surface area contributed by atoms with Crippen LogP contribution in [0, 0.1) is 0 Å². The maximum absolute atomic E-state index is 11.8. The van der Waals surface area contributed by atoms with E-state index in [0.29, 0.717) is 19.4 Å². The number of carbonyl (C=O) groups excluding carboxylic acids is 2. The lowest BCUT2D eigenvalue weighted by molar-refractivity contribution is -0.152. The van der Waals surface area contributed by atoms with Crippen LogP contribution in [0.25, 0.3) is 0 Å². The largest absolute Gasteiger partial charge is 0.480 e. The van der Waals surface area contributed by atoms with Crippen LogP contribution in [0.5, 0.6) is 0 Å². The van der Waals surface area contributed by atoms with Gasteiger partial charge < -0.3 is 14.7 Å². The Hall–Kier alpha value is -1.79. The lowest BCUT2D eigenvalue weighted by atomic mass is 10.1. The first-order chi connectivity index (χ1) is 8.04. The molecule has 7 nitrogen and oxygen atoms in total. The van der Waals surface area contributed by atoms with Gasteiger partial charge in [-0.1, -0.05) is 0 Å². The second kappa shape index (κ2) is 4.23. The fourth-order valence-corrected chi connectivity index (χ4v) is 2.51. The van der Waals surface area contributed by atoms with Crippen molar-refractivity contribution < 1.29 is 24.2 Å². The van der Waals surface area contributed by atoms with Gasteiger partial charge in [-0.15, -0.1) is 0 Å². The highest BCUT2D eigenvalue weighted by Gasteiger charge is 2.45. The smallest absolute Gasteiger partial charge is 0.410 e. The zero-order valence-electron chi connectivity index (χ0n) is 9.46. The van der Waals surface area contributed by atoms with E-state index in [1.54, 1.807) is 0 Å². The standard InChI is InChI=1S/C10H14N2O5/c1-17-10(16)11-4-6-2-3-7(9(14)15)12(6)8(13)5-11/h6-7H,2-5H2,1H3,(H,14,15)/t6-,7-/m0/s1. The number of hydrogen-bond donors (Lipinski definition) is 1. The van der Waals surface area contributed by atoms with Gasteiger partial charge in [0.15, 0.2) is 0 Å². The third kappa shape index (κ3) is 1.92. The molecule has 0 radical (unpaired) electrons. The summed E-state index contributed by atoms with van der Waals surface area (Å²) in [6.45, 7) is 0.245. The summed E-state index contributed by atoms with van der Waals surface area (Å²) in [7, 11) is 1.26. The van der Waals surface area contributed by atoms with Gasteiger partial charge in [-0.05, 0) is 12.8 Å². The third-order valence-corrected chi connectivity index (χ3v) is 3.27. The summed E-state index contributed by atoms with van der Waals surface area (Å²) in [5, 5.41) is 8.99.